The summed E-state index contributed by atoms with van der Waals surface area (Å²) in [4.78, 5) is 16.0. The maximum absolute atomic E-state index is 13.6. The van der Waals surface area contributed by atoms with Crippen LogP contribution >= 0.6 is 0 Å². The predicted molar refractivity (Wildman–Crippen MR) is 77.3 cm³/mol. The molecule has 1 aromatic rings. The van der Waals surface area contributed by atoms with Crippen LogP contribution in [0.5, 0.6) is 0 Å². The molecule has 0 aliphatic carbocycles. The first-order valence-electron chi connectivity index (χ1n) is 7.02. The Morgan fingerprint density at radius 3 is 2.70 bits per heavy atom. The van der Waals surface area contributed by atoms with Gasteiger partial charge in [-0.05, 0) is 32.0 Å². The van der Waals surface area contributed by atoms with E-state index in [-0.39, 0.29) is 11.8 Å². The lowest BCUT2D eigenvalue weighted by atomic mass is 10.1. The zero-order valence-corrected chi connectivity index (χ0v) is 12.2. The van der Waals surface area contributed by atoms with E-state index in [1.807, 2.05) is 17.9 Å². The summed E-state index contributed by atoms with van der Waals surface area (Å²) in [5, 5.41) is 2.86. The lowest BCUT2D eigenvalue weighted by molar-refractivity contribution is 0.154. The number of rotatable bonds is 3. The minimum atomic E-state index is -0.204. The van der Waals surface area contributed by atoms with Crippen LogP contribution in [0.3, 0.4) is 0 Å². The fraction of sp³-hybridized carbons (Fsp3) is 0.533. The number of nitrogens with zero attached hydrogens (tertiary/aromatic N) is 2. The number of carbonyl (C=O) groups excluding carboxylic acids is 1. The van der Waals surface area contributed by atoms with Crippen molar-refractivity contribution in [1.82, 2.24) is 15.1 Å². The minimum absolute atomic E-state index is 0.0499. The van der Waals surface area contributed by atoms with Gasteiger partial charge in [0.05, 0.1) is 0 Å². The van der Waals surface area contributed by atoms with E-state index < -0.39 is 0 Å². The number of halogens is 1. The zero-order chi connectivity index (χ0) is 14.5. The number of carbonyl (C=O) groups is 1. The topological polar surface area (TPSA) is 35.6 Å². The summed E-state index contributed by atoms with van der Waals surface area (Å²) < 4.78 is 13.6. The molecule has 1 aliphatic heterocycles. The molecule has 1 aliphatic rings. The lowest BCUT2D eigenvalue weighted by Gasteiger charge is -2.32. The van der Waals surface area contributed by atoms with Crippen LogP contribution in [0.1, 0.15) is 11.1 Å². The van der Waals surface area contributed by atoms with Crippen LogP contribution in [0.4, 0.5) is 9.18 Å². The van der Waals surface area contributed by atoms with Crippen LogP contribution in [-0.2, 0) is 6.42 Å². The number of nitrogens with one attached hydrogen (secondary N) is 1. The molecular formula is C15H22FN3O. The molecule has 1 N–H and O–H groups in total. The van der Waals surface area contributed by atoms with Crippen molar-refractivity contribution in [3.63, 3.8) is 0 Å². The van der Waals surface area contributed by atoms with Gasteiger partial charge in [-0.25, -0.2) is 9.18 Å². The molecule has 1 saturated heterocycles. The molecule has 2 rings (SSSR count). The number of piperazine rings is 1. The minimum Gasteiger partial charge on any atom is -0.338 e. The SMILES string of the molecule is Cc1ccc(F)c(CCNC(=O)N2CCN(C)CC2)c1. The van der Waals surface area contributed by atoms with E-state index in [9.17, 15) is 9.18 Å². The molecule has 1 aromatic carbocycles. The van der Waals surface area contributed by atoms with Gasteiger partial charge in [-0.15, -0.1) is 0 Å². The molecule has 110 valence electrons. The highest BCUT2D eigenvalue weighted by Crippen LogP contribution is 2.10. The summed E-state index contributed by atoms with van der Waals surface area (Å²) >= 11 is 0. The number of amides is 2. The van der Waals surface area contributed by atoms with Crippen molar-refractivity contribution in [3.8, 4) is 0 Å². The van der Waals surface area contributed by atoms with E-state index >= 15 is 0 Å². The Morgan fingerprint density at radius 1 is 1.30 bits per heavy atom. The standard InChI is InChI=1S/C15H22FN3O/c1-12-3-4-14(16)13(11-12)5-6-17-15(20)19-9-7-18(2)8-10-19/h3-4,11H,5-10H2,1-2H3,(H,17,20). The second-order valence-corrected chi connectivity index (χ2v) is 5.37. The van der Waals surface area contributed by atoms with Crippen molar-refractivity contribution < 1.29 is 9.18 Å². The molecule has 0 saturated carbocycles. The van der Waals surface area contributed by atoms with Gasteiger partial charge in [0.1, 0.15) is 5.82 Å². The maximum atomic E-state index is 13.6. The van der Waals surface area contributed by atoms with E-state index in [1.54, 1.807) is 6.07 Å². The van der Waals surface area contributed by atoms with Crippen molar-refractivity contribution in [2.45, 2.75) is 13.3 Å². The fourth-order valence-corrected chi connectivity index (χ4v) is 2.32. The van der Waals surface area contributed by atoms with Gasteiger partial charge < -0.3 is 15.1 Å². The Morgan fingerprint density at radius 2 is 2.00 bits per heavy atom. The van der Waals surface area contributed by atoms with Gasteiger partial charge in [0, 0.05) is 32.7 Å². The van der Waals surface area contributed by atoms with E-state index in [0.29, 0.717) is 18.5 Å². The van der Waals surface area contributed by atoms with Crippen molar-refractivity contribution in [3.05, 3.63) is 35.1 Å². The number of hydrogen-bond donors (Lipinski definition) is 1. The van der Waals surface area contributed by atoms with Crippen molar-refractivity contribution in [2.24, 2.45) is 0 Å². The molecule has 0 radical (unpaired) electrons. The molecule has 20 heavy (non-hydrogen) atoms. The second kappa shape index (κ2) is 6.70. The molecule has 0 atom stereocenters. The smallest absolute Gasteiger partial charge is 0.317 e. The van der Waals surface area contributed by atoms with Gasteiger partial charge >= 0.3 is 6.03 Å². The summed E-state index contributed by atoms with van der Waals surface area (Å²) in [7, 11) is 2.05. The van der Waals surface area contributed by atoms with Crippen LogP contribution in [0, 0.1) is 12.7 Å². The molecule has 0 unspecified atom stereocenters. The third kappa shape index (κ3) is 3.93. The van der Waals surface area contributed by atoms with Crippen molar-refractivity contribution in [1.29, 1.82) is 0 Å². The van der Waals surface area contributed by atoms with Gasteiger partial charge in [-0.3, -0.25) is 0 Å². The van der Waals surface area contributed by atoms with E-state index in [1.165, 1.54) is 6.07 Å². The molecule has 2 amide bonds. The number of likely N-dealkylation sites (N-methyl/N-ethyl adjacent to an activating group) is 1. The Bertz CT molecular complexity index is 470. The summed E-state index contributed by atoms with van der Waals surface area (Å²) in [5.74, 6) is -0.204. The highest BCUT2D eigenvalue weighted by molar-refractivity contribution is 5.74. The lowest BCUT2D eigenvalue weighted by Crippen LogP contribution is -2.50. The summed E-state index contributed by atoms with van der Waals surface area (Å²) in [5.41, 5.74) is 1.69. The van der Waals surface area contributed by atoms with E-state index in [4.69, 9.17) is 0 Å². The normalized spacial score (nSPS) is 16.2. The summed E-state index contributed by atoms with van der Waals surface area (Å²) in [6, 6.07) is 5.01. The molecule has 0 spiro atoms. The van der Waals surface area contributed by atoms with E-state index in [2.05, 4.69) is 17.3 Å². The van der Waals surface area contributed by atoms with Crippen LogP contribution in [0.25, 0.3) is 0 Å². The largest absolute Gasteiger partial charge is 0.338 e. The Kier molecular flexibility index (Phi) is 4.95. The van der Waals surface area contributed by atoms with Gasteiger partial charge in [-0.1, -0.05) is 17.7 Å². The quantitative estimate of drug-likeness (QED) is 0.913. The monoisotopic (exact) mass is 279 g/mol. The van der Waals surface area contributed by atoms with Crippen LogP contribution in [0.15, 0.2) is 18.2 Å². The first-order chi connectivity index (χ1) is 9.56. The van der Waals surface area contributed by atoms with E-state index in [0.717, 1.165) is 31.7 Å². The molecule has 1 fully saturated rings. The van der Waals surface area contributed by atoms with Crippen molar-refractivity contribution in [2.75, 3.05) is 39.8 Å². The average molecular weight is 279 g/mol. The first-order valence-corrected chi connectivity index (χ1v) is 7.02. The number of hydrogen-bond acceptors (Lipinski definition) is 2. The molecule has 4 nitrogen and oxygen atoms in total. The molecular weight excluding hydrogens is 257 g/mol. The number of urea groups is 1. The van der Waals surface area contributed by atoms with Crippen LogP contribution < -0.4 is 5.32 Å². The molecule has 1 heterocycles. The predicted octanol–water partition coefficient (Wildman–Crippen LogP) is 1.63. The molecule has 0 bridgehead atoms. The fourth-order valence-electron chi connectivity index (χ4n) is 2.32. The first kappa shape index (κ1) is 14.8. The van der Waals surface area contributed by atoms with Gasteiger partial charge in [0.25, 0.3) is 0 Å². The molecule has 5 heteroatoms. The summed E-state index contributed by atoms with van der Waals surface area (Å²) in [6.45, 7) is 5.71. The third-order valence-corrected chi connectivity index (χ3v) is 3.66. The Labute approximate surface area is 119 Å². The van der Waals surface area contributed by atoms with Gasteiger partial charge in [-0.2, -0.15) is 0 Å². The molecule has 0 aromatic heterocycles. The highest BCUT2D eigenvalue weighted by atomic mass is 19.1. The Balaban J connectivity index is 1.78. The second-order valence-electron chi connectivity index (χ2n) is 5.37. The average Bonchev–Trinajstić information content (AvgIpc) is 2.43. The third-order valence-electron chi connectivity index (χ3n) is 3.66. The summed E-state index contributed by atoms with van der Waals surface area (Å²) in [6.07, 6.45) is 0.521. The highest BCUT2D eigenvalue weighted by Gasteiger charge is 2.18. The van der Waals surface area contributed by atoms with Crippen molar-refractivity contribution >= 4 is 6.03 Å². The number of aryl methyl sites for hydroxylation is 1. The number of benzene rings is 1. The Hall–Kier alpha value is -1.62. The van der Waals surface area contributed by atoms with Crippen LogP contribution in [0.2, 0.25) is 0 Å². The van der Waals surface area contributed by atoms with Gasteiger partial charge in [0.15, 0.2) is 0 Å². The van der Waals surface area contributed by atoms with Crippen LogP contribution in [-0.4, -0.2) is 55.6 Å². The van der Waals surface area contributed by atoms with Gasteiger partial charge in [0.2, 0.25) is 0 Å². The maximum Gasteiger partial charge on any atom is 0.317 e. The zero-order valence-electron chi connectivity index (χ0n) is 12.2.